The summed E-state index contributed by atoms with van der Waals surface area (Å²) in [5.41, 5.74) is 1.82. The Labute approximate surface area is 138 Å². The number of rotatable bonds is 5. The Balaban J connectivity index is 1.68. The third-order valence-corrected chi connectivity index (χ3v) is 3.77. The molecule has 0 spiro atoms. The smallest absolute Gasteiger partial charge is 0.269 e. The third-order valence-electron chi connectivity index (χ3n) is 3.44. The molecule has 3 rings (SSSR count). The fourth-order valence-corrected chi connectivity index (χ4v) is 2.56. The van der Waals surface area contributed by atoms with E-state index in [9.17, 15) is 4.79 Å². The highest BCUT2D eigenvalue weighted by atomic mass is 35.5. The number of aromatic nitrogens is 2. The van der Waals surface area contributed by atoms with Gasteiger partial charge in [-0.15, -0.1) is 0 Å². The number of carbonyl (C=O) groups excluding carboxylic acids is 1. The fourth-order valence-electron chi connectivity index (χ4n) is 2.33. The predicted molar refractivity (Wildman–Crippen MR) is 88.4 cm³/mol. The monoisotopic (exact) mass is 329 g/mol. The van der Waals surface area contributed by atoms with Gasteiger partial charge in [0.05, 0.1) is 17.0 Å². The summed E-state index contributed by atoms with van der Waals surface area (Å²) in [5, 5.41) is 10.4. The van der Waals surface area contributed by atoms with Gasteiger partial charge in [-0.1, -0.05) is 29.8 Å². The van der Waals surface area contributed by atoms with Crippen molar-refractivity contribution in [3.63, 3.8) is 0 Å². The van der Waals surface area contributed by atoms with E-state index in [1.54, 1.807) is 18.4 Å². The van der Waals surface area contributed by atoms with Gasteiger partial charge in [0.1, 0.15) is 11.5 Å². The van der Waals surface area contributed by atoms with Crippen LogP contribution in [0.1, 0.15) is 23.2 Å². The number of carbonyl (C=O) groups is 1. The quantitative estimate of drug-likeness (QED) is 0.750. The number of hydrogen-bond acceptors (Lipinski definition) is 3. The summed E-state index contributed by atoms with van der Waals surface area (Å²) in [7, 11) is 0. The summed E-state index contributed by atoms with van der Waals surface area (Å²) in [6.45, 7) is 1.92. The van der Waals surface area contributed by atoms with Crippen molar-refractivity contribution in [2.45, 2.75) is 19.4 Å². The molecule has 0 aliphatic heterocycles. The summed E-state index contributed by atoms with van der Waals surface area (Å²) < 4.78 is 5.28. The highest BCUT2D eigenvalue weighted by Gasteiger charge is 2.15. The third kappa shape index (κ3) is 3.63. The first kappa shape index (κ1) is 15.4. The zero-order chi connectivity index (χ0) is 16.2. The number of aromatic amines is 1. The Kier molecular flexibility index (Phi) is 4.48. The number of halogens is 1. The molecule has 0 fully saturated rings. The van der Waals surface area contributed by atoms with Crippen molar-refractivity contribution >= 4 is 17.5 Å². The molecule has 0 radical (unpaired) electrons. The van der Waals surface area contributed by atoms with Gasteiger partial charge in [-0.05, 0) is 31.2 Å². The number of furan rings is 1. The van der Waals surface area contributed by atoms with Crippen LogP contribution >= 0.6 is 11.6 Å². The Hall–Kier alpha value is -2.53. The molecule has 0 aliphatic rings. The van der Waals surface area contributed by atoms with E-state index in [0.29, 0.717) is 22.8 Å². The number of hydrogen-bond donors (Lipinski definition) is 2. The topological polar surface area (TPSA) is 70.9 Å². The molecule has 2 aromatic heterocycles. The summed E-state index contributed by atoms with van der Waals surface area (Å²) in [5.74, 6) is 0.619. The summed E-state index contributed by atoms with van der Waals surface area (Å²) in [6.07, 6.45) is 2.25. The van der Waals surface area contributed by atoms with E-state index in [4.69, 9.17) is 16.0 Å². The van der Waals surface area contributed by atoms with Crippen LogP contribution in [0.5, 0.6) is 0 Å². The Morgan fingerprint density at radius 2 is 2.17 bits per heavy atom. The number of nitrogens with zero attached hydrogens (tertiary/aromatic N) is 1. The molecule has 1 aromatic carbocycles. The Morgan fingerprint density at radius 1 is 1.35 bits per heavy atom. The molecule has 1 atom stereocenters. The zero-order valence-corrected chi connectivity index (χ0v) is 13.3. The van der Waals surface area contributed by atoms with Gasteiger partial charge in [0.2, 0.25) is 0 Å². The van der Waals surface area contributed by atoms with Gasteiger partial charge < -0.3 is 9.73 Å². The van der Waals surface area contributed by atoms with Gasteiger partial charge in [-0.2, -0.15) is 5.10 Å². The Bertz CT molecular complexity index is 796. The minimum absolute atomic E-state index is 0.0549. The van der Waals surface area contributed by atoms with Crippen LogP contribution in [-0.4, -0.2) is 22.1 Å². The van der Waals surface area contributed by atoms with E-state index in [2.05, 4.69) is 15.5 Å². The fraction of sp³-hybridized carbons (Fsp3) is 0.176. The number of H-pyrrole nitrogens is 1. The molecule has 3 aromatic rings. The van der Waals surface area contributed by atoms with Gasteiger partial charge in [0.25, 0.3) is 5.91 Å². The van der Waals surface area contributed by atoms with Crippen molar-refractivity contribution in [1.82, 2.24) is 15.5 Å². The lowest BCUT2D eigenvalue weighted by Gasteiger charge is -2.11. The lowest BCUT2D eigenvalue weighted by molar-refractivity contribution is 0.0934. The number of nitrogens with one attached hydrogen (secondary N) is 2. The van der Waals surface area contributed by atoms with Crippen molar-refractivity contribution in [1.29, 1.82) is 0 Å². The van der Waals surface area contributed by atoms with E-state index >= 15 is 0 Å². The first-order valence-electron chi connectivity index (χ1n) is 7.27. The van der Waals surface area contributed by atoms with Crippen molar-refractivity contribution in [3.8, 4) is 11.3 Å². The molecule has 2 heterocycles. The van der Waals surface area contributed by atoms with Crippen LogP contribution in [0.3, 0.4) is 0 Å². The van der Waals surface area contributed by atoms with Crippen LogP contribution in [0.25, 0.3) is 11.3 Å². The van der Waals surface area contributed by atoms with Crippen LogP contribution in [-0.2, 0) is 6.42 Å². The zero-order valence-electron chi connectivity index (χ0n) is 12.5. The standard InChI is InChI=1S/C17H16ClN3O2/c1-11(9-12-5-4-8-23-12)19-17(22)16-10-15(20-21-16)13-6-2-3-7-14(13)18/h2-8,10-11H,9H2,1H3,(H,19,22)(H,20,21)/t11-/m1/s1. The summed E-state index contributed by atoms with van der Waals surface area (Å²) >= 11 is 6.15. The minimum Gasteiger partial charge on any atom is -0.469 e. The lowest BCUT2D eigenvalue weighted by atomic mass is 10.1. The molecule has 0 unspecified atom stereocenters. The predicted octanol–water partition coefficient (Wildman–Crippen LogP) is 3.68. The highest BCUT2D eigenvalue weighted by molar-refractivity contribution is 6.33. The van der Waals surface area contributed by atoms with Crippen LogP contribution in [0.4, 0.5) is 0 Å². The molecule has 0 saturated heterocycles. The average molecular weight is 330 g/mol. The van der Waals surface area contributed by atoms with E-state index in [1.807, 2.05) is 37.3 Å². The first-order valence-corrected chi connectivity index (χ1v) is 7.65. The van der Waals surface area contributed by atoms with E-state index in [1.165, 1.54) is 0 Å². The molecule has 0 aliphatic carbocycles. The normalized spacial score (nSPS) is 12.1. The molecule has 118 valence electrons. The molecular weight excluding hydrogens is 314 g/mol. The molecule has 6 heteroatoms. The maximum atomic E-state index is 12.3. The number of amides is 1. The van der Waals surface area contributed by atoms with Crippen molar-refractivity contribution < 1.29 is 9.21 Å². The van der Waals surface area contributed by atoms with Crippen LogP contribution < -0.4 is 5.32 Å². The van der Waals surface area contributed by atoms with Crippen LogP contribution in [0.15, 0.2) is 53.1 Å². The Morgan fingerprint density at radius 3 is 2.91 bits per heavy atom. The van der Waals surface area contributed by atoms with Gasteiger partial charge >= 0.3 is 0 Å². The van der Waals surface area contributed by atoms with E-state index < -0.39 is 0 Å². The van der Waals surface area contributed by atoms with Crippen molar-refractivity contribution in [2.75, 3.05) is 0 Å². The summed E-state index contributed by atoms with van der Waals surface area (Å²) in [6, 6.07) is 12.7. The van der Waals surface area contributed by atoms with Crippen LogP contribution in [0, 0.1) is 0 Å². The molecule has 1 amide bonds. The molecule has 0 bridgehead atoms. The lowest BCUT2D eigenvalue weighted by Crippen LogP contribution is -2.34. The maximum absolute atomic E-state index is 12.3. The first-order chi connectivity index (χ1) is 11.1. The molecule has 23 heavy (non-hydrogen) atoms. The largest absolute Gasteiger partial charge is 0.469 e. The van der Waals surface area contributed by atoms with Gasteiger partial charge in [0, 0.05) is 18.0 Å². The molecule has 5 nitrogen and oxygen atoms in total. The van der Waals surface area contributed by atoms with E-state index in [0.717, 1.165) is 11.3 Å². The highest BCUT2D eigenvalue weighted by Crippen LogP contribution is 2.26. The average Bonchev–Trinajstić information content (AvgIpc) is 3.19. The van der Waals surface area contributed by atoms with E-state index in [-0.39, 0.29) is 11.9 Å². The van der Waals surface area contributed by atoms with Gasteiger partial charge in [-0.25, -0.2) is 0 Å². The summed E-state index contributed by atoms with van der Waals surface area (Å²) in [4.78, 5) is 12.3. The van der Waals surface area contributed by atoms with Gasteiger partial charge in [0.15, 0.2) is 0 Å². The van der Waals surface area contributed by atoms with Gasteiger partial charge in [-0.3, -0.25) is 9.89 Å². The SMILES string of the molecule is C[C@H](Cc1ccco1)NC(=O)c1cc(-c2ccccc2Cl)n[nH]1. The molecule has 0 saturated carbocycles. The maximum Gasteiger partial charge on any atom is 0.269 e. The second-order valence-corrected chi connectivity index (χ2v) is 5.71. The molecule has 2 N–H and O–H groups in total. The van der Waals surface area contributed by atoms with Crippen molar-refractivity contribution in [2.24, 2.45) is 0 Å². The second-order valence-electron chi connectivity index (χ2n) is 5.30. The van der Waals surface area contributed by atoms with Crippen LogP contribution in [0.2, 0.25) is 5.02 Å². The van der Waals surface area contributed by atoms with Crippen molar-refractivity contribution in [3.05, 3.63) is 65.2 Å². The minimum atomic E-state index is -0.213. The number of benzene rings is 1. The molecular formula is C17H16ClN3O2. The second kappa shape index (κ2) is 6.71.